The summed E-state index contributed by atoms with van der Waals surface area (Å²) in [5.74, 6) is -1.54. The van der Waals surface area contributed by atoms with Gasteiger partial charge in [0.05, 0.1) is 11.6 Å². The Bertz CT molecular complexity index is 393. The Labute approximate surface area is 91.3 Å². The molecule has 1 rings (SSSR count). The van der Waals surface area contributed by atoms with E-state index in [0.29, 0.717) is 0 Å². The number of Topliss-reactive ketones (excluding diaryl/α,β-unsaturated/α-hetero) is 1. The molecule has 1 atom stereocenters. The Kier molecular flexibility index (Phi) is 3.70. The maximum Gasteiger partial charge on any atom is 0.266 e. The van der Waals surface area contributed by atoms with Gasteiger partial charge >= 0.3 is 0 Å². The topological polar surface area (TPSA) is 43.1 Å². The fourth-order valence-electron chi connectivity index (χ4n) is 1.44. The lowest BCUT2D eigenvalue weighted by Gasteiger charge is -2.10. The third-order valence-electron chi connectivity index (χ3n) is 2.25. The molecule has 0 saturated carbocycles. The van der Waals surface area contributed by atoms with Crippen LogP contribution in [0.5, 0.6) is 0 Å². The van der Waals surface area contributed by atoms with Gasteiger partial charge in [0.25, 0.3) is 6.43 Å². The molecule has 0 spiro atoms. The molecule has 0 saturated heterocycles. The second-order valence-electron chi connectivity index (χ2n) is 3.64. The van der Waals surface area contributed by atoms with Crippen molar-refractivity contribution in [2.45, 2.75) is 26.3 Å². The first-order chi connectivity index (χ1) is 7.34. The van der Waals surface area contributed by atoms with E-state index in [-0.39, 0.29) is 11.1 Å². The monoisotopic (exact) mass is 231 g/mol. The van der Waals surface area contributed by atoms with Gasteiger partial charge < -0.3 is 5.73 Å². The lowest BCUT2D eigenvalue weighted by atomic mass is 9.99. The summed E-state index contributed by atoms with van der Waals surface area (Å²) < 4.78 is 38.2. The normalized spacial score (nSPS) is 12.9. The van der Waals surface area contributed by atoms with E-state index < -0.39 is 29.6 Å². The Morgan fingerprint density at radius 3 is 2.31 bits per heavy atom. The highest BCUT2D eigenvalue weighted by Crippen LogP contribution is 2.26. The SMILES string of the molecule is Cc1cc(C(=O)C(C)N)cc(F)c1C(F)F. The molecule has 1 aromatic carbocycles. The number of halogens is 3. The molecule has 5 heteroatoms. The highest BCUT2D eigenvalue weighted by molar-refractivity contribution is 5.99. The molecule has 0 aliphatic carbocycles. The van der Waals surface area contributed by atoms with Crippen LogP contribution in [0.3, 0.4) is 0 Å². The van der Waals surface area contributed by atoms with Gasteiger partial charge in [0, 0.05) is 5.56 Å². The summed E-state index contributed by atoms with van der Waals surface area (Å²) in [4.78, 5) is 11.5. The number of rotatable bonds is 3. The average Bonchev–Trinajstić information content (AvgIpc) is 2.14. The van der Waals surface area contributed by atoms with Gasteiger partial charge in [0.2, 0.25) is 0 Å². The number of benzene rings is 1. The first kappa shape index (κ1) is 12.7. The molecule has 0 radical (unpaired) electrons. The first-order valence-corrected chi connectivity index (χ1v) is 4.72. The van der Waals surface area contributed by atoms with Gasteiger partial charge in [-0.05, 0) is 31.5 Å². The second-order valence-corrected chi connectivity index (χ2v) is 3.64. The number of carbonyl (C=O) groups is 1. The highest BCUT2D eigenvalue weighted by Gasteiger charge is 2.20. The predicted molar refractivity (Wildman–Crippen MR) is 54.1 cm³/mol. The van der Waals surface area contributed by atoms with E-state index in [9.17, 15) is 18.0 Å². The minimum Gasteiger partial charge on any atom is -0.321 e. The summed E-state index contributed by atoms with van der Waals surface area (Å²) >= 11 is 0. The van der Waals surface area contributed by atoms with E-state index in [2.05, 4.69) is 0 Å². The van der Waals surface area contributed by atoms with Crippen LogP contribution in [0.15, 0.2) is 12.1 Å². The molecule has 0 aliphatic heterocycles. The minimum absolute atomic E-state index is 0.0226. The number of carbonyl (C=O) groups excluding carboxylic acids is 1. The Morgan fingerprint density at radius 2 is 1.94 bits per heavy atom. The maximum absolute atomic E-state index is 13.3. The van der Waals surface area contributed by atoms with Gasteiger partial charge in [-0.1, -0.05) is 0 Å². The molecule has 2 N–H and O–H groups in total. The van der Waals surface area contributed by atoms with Crippen LogP contribution in [0, 0.1) is 12.7 Å². The molecule has 0 aliphatic rings. The summed E-state index contributed by atoms with van der Waals surface area (Å²) in [6.45, 7) is 2.79. The molecule has 1 unspecified atom stereocenters. The third kappa shape index (κ3) is 2.41. The van der Waals surface area contributed by atoms with Crippen LogP contribution in [0.25, 0.3) is 0 Å². The first-order valence-electron chi connectivity index (χ1n) is 4.72. The van der Waals surface area contributed by atoms with Crippen LogP contribution < -0.4 is 5.73 Å². The van der Waals surface area contributed by atoms with Crippen molar-refractivity contribution in [3.63, 3.8) is 0 Å². The quantitative estimate of drug-likeness (QED) is 0.812. The number of hydrogen-bond donors (Lipinski definition) is 1. The van der Waals surface area contributed by atoms with E-state index in [4.69, 9.17) is 5.73 Å². The van der Waals surface area contributed by atoms with Crippen molar-refractivity contribution in [1.29, 1.82) is 0 Å². The Hall–Kier alpha value is -1.36. The summed E-state index contributed by atoms with van der Waals surface area (Å²) in [7, 11) is 0. The molecule has 0 aromatic heterocycles. The molecular formula is C11H12F3NO. The van der Waals surface area contributed by atoms with Gasteiger partial charge in [-0.15, -0.1) is 0 Å². The Balaban J connectivity index is 3.25. The van der Waals surface area contributed by atoms with Gasteiger partial charge in [-0.25, -0.2) is 13.2 Å². The zero-order chi connectivity index (χ0) is 12.5. The highest BCUT2D eigenvalue weighted by atomic mass is 19.3. The predicted octanol–water partition coefficient (Wildman–Crippen LogP) is 2.60. The third-order valence-corrected chi connectivity index (χ3v) is 2.25. The smallest absolute Gasteiger partial charge is 0.266 e. The van der Waals surface area contributed by atoms with Crippen LogP contribution in [0.1, 0.15) is 34.8 Å². The molecule has 16 heavy (non-hydrogen) atoms. The number of alkyl halides is 2. The molecule has 1 aromatic rings. The molecule has 88 valence electrons. The molecule has 2 nitrogen and oxygen atoms in total. The zero-order valence-electron chi connectivity index (χ0n) is 8.93. The van der Waals surface area contributed by atoms with Crippen molar-refractivity contribution >= 4 is 5.78 Å². The number of aryl methyl sites for hydroxylation is 1. The van der Waals surface area contributed by atoms with E-state index in [1.54, 1.807) is 0 Å². The van der Waals surface area contributed by atoms with E-state index >= 15 is 0 Å². The van der Waals surface area contributed by atoms with Crippen molar-refractivity contribution in [2.24, 2.45) is 5.73 Å². The van der Waals surface area contributed by atoms with Gasteiger partial charge in [-0.3, -0.25) is 4.79 Å². The summed E-state index contributed by atoms with van der Waals surface area (Å²) in [5, 5.41) is 0. The lowest BCUT2D eigenvalue weighted by molar-refractivity contribution is 0.0966. The number of nitrogens with two attached hydrogens (primary N) is 1. The van der Waals surface area contributed by atoms with Gasteiger partial charge in [0.15, 0.2) is 5.78 Å². The standard InChI is InChI=1S/C11H12F3NO/c1-5-3-7(10(16)6(2)15)4-8(12)9(5)11(13)14/h3-4,6,11H,15H2,1-2H3. The van der Waals surface area contributed by atoms with Crippen molar-refractivity contribution in [3.05, 3.63) is 34.6 Å². The van der Waals surface area contributed by atoms with Crippen molar-refractivity contribution in [1.82, 2.24) is 0 Å². The fourth-order valence-corrected chi connectivity index (χ4v) is 1.44. The average molecular weight is 231 g/mol. The van der Waals surface area contributed by atoms with Crippen LogP contribution >= 0.6 is 0 Å². The van der Waals surface area contributed by atoms with Crippen molar-refractivity contribution < 1.29 is 18.0 Å². The maximum atomic E-state index is 13.3. The lowest BCUT2D eigenvalue weighted by Crippen LogP contribution is -2.26. The van der Waals surface area contributed by atoms with Crippen LogP contribution in [0.4, 0.5) is 13.2 Å². The summed E-state index contributed by atoms with van der Waals surface area (Å²) in [6.07, 6.45) is -2.89. The second kappa shape index (κ2) is 4.65. The minimum atomic E-state index is -2.89. The molecular weight excluding hydrogens is 219 g/mol. The van der Waals surface area contributed by atoms with E-state index in [0.717, 1.165) is 6.07 Å². The van der Waals surface area contributed by atoms with Gasteiger partial charge in [-0.2, -0.15) is 0 Å². The van der Waals surface area contributed by atoms with Crippen LogP contribution in [-0.2, 0) is 0 Å². The van der Waals surface area contributed by atoms with Crippen LogP contribution in [-0.4, -0.2) is 11.8 Å². The zero-order valence-corrected chi connectivity index (χ0v) is 8.93. The van der Waals surface area contributed by atoms with Crippen LogP contribution in [0.2, 0.25) is 0 Å². The summed E-state index contributed by atoms with van der Waals surface area (Å²) in [5.41, 5.74) is 4.76. The fraction of sp³-hybridized carbons (Fsp3) is 0.364. The van der Waals surface area contributed by atoms with Crippen molar-refractivity contribution in [3.8, 4) is 0 Å². The molecule has 0 bridgehead atoms. The van der Waals surface area contributed by atoms with Crippen molar-refractivity contribution in [2.75, 3.05) is 0 Å². The largest absolute Gasteiger partial charge is 0.321 e. The molecule has 0 heterocycles. The molecule has 0 fully saturated rings. The van der Waals surface area contributed by atoms with Gasteiger partial charge in [0.1, 0.15) is 5.82 Å². The molecule has 0 amide bonds. The number of hydrogen-bond acceptors (Lipinski definition) is 2. The Morgan fingerprint density at radius 1 is 1.38 bits per heavy atom. The number of ketones is 1. The van der Waals surface area contributed by atoms with E-state index in [1.807, 2.05) is 0 Å². The summed E-state index contributed by atoms with van der Waals surface area (Å²) in [6, 6.07) is 1.26. The van der Waals surface area contributed by atoms with E-state index in [1.165, 1.54) is 19.9 Å².